The van der Waals surface area contributed by atoms with Crippen LogP contribution in [0.3, 0.4) is 0 Å². The summed E-state index contributed by atoms with van der Waals surface area (Å²) in [6.07, 6.45) is 2.91. The molecule has 0 bridgehead atoms. The molecule has 3 N–H and O–H groups in total. The van der Waals surface area contributed by atoms with Crippen LogP contribution in [0.1, 0.15) is 48.6 Å². The lowest BCUT2D eigenvalue weighted by Crippen LogP contribution is -2.32. The van der Waals surface area contributed by atoms with Crippen molar-refractivity contribution in [2.75, 3.05) is 25.9 Å². The Morgan fingerprint density at radius 3 is 2.61 bits per heavy atom. The zero-order valence-electron chi connectivity index (χ0n) is 20.7. The second-order valence-electron chi connectivity index (χ2n) is 8.62. The van der Waals surface area contributed by atoms with E-state index in [1.165, 1.54) is 4.90 Å². The fourth-order valence-corrected chi connectivity index (χ4v) is 4.06. The molecule has 4 rings (SSSR count). The maximum Gasteiger partial charge on any atom is 0.254 e. The van der Waals surface area contributed by atoms with Crippen molar-refractivity contribution in [3.8, 4) is 11.8 Å². The number of halogens is 1. The first-order valence-corrected chi connectivity index (χ1v) is 12.3. The summed E-state index contributed by atoms with van der Waals surface area (Å²) in [7, 11) is 1.67. The third kappa shape index (κ3) is 6.17. The predicted molar refractivity (Wildman–Crippen MR) is 149 cm³/mol. The number of rotatable bonds is 7. The summed E-state index contributed by atoms with van der Waals surface area (Å²) in [4.78, 5) is 42.1. The zero-order chi connectivity index (χ0) is 27.1. The SMILES string of the molecule is CN(CCCNC(=O)c1ccc(C#Cc2c(N)ncc3ccc(Cl)cc23)cc1)C(=O)c1ccccc1C=O. The topological polar surface area (TPSA) is 105 Å². The normalized spacial score (nSPS) is 10.4. The Bertz CT molecular complexity index is 1570. The van der Waals surface area contributed by atoms with E-state index >= 15 is 0 Å². The van der Waals surface area contributed by atoms with Crippen molar-refractivity contribution < 1.29 is 14.4 Å². The number of benzene rings is 3. The van der Waals surface area contributed by atoms with E-state index in [0.717, 1.165) is 16.3 Å². The van der Waals surface area contributed by atoms with Gasteiger partial charge in [0, 0.05) is 58.8 Å². The van der Waals surface area contributed by atoms with Crippen molar-refractivity contribution >= 4 is 46.3 Å². The van der Waals surface area contributed by atoms with Crippen LogP contribution in [-0.4, -0.2) is 48.1 Å². The van der Waals surface area contributed by atoms with Gasteiger partial charge in [-0.2, -0.15) is 0 Å². The van der Waals surface area contributed by atoms with Gasteiger partial charge in [-0.3, -0.25) is 14.4 Å². The van der Waals surface area contributed by atoms with E-state index in [9.17, 15) is 14.4 Å². The molecule has 4 aromatic rings. The molecule has 0 atom stereocenters. The van der Waals surface area contributed by atoms with Crippen molar-refractivity contribution in [1.29, 1.82) is 0 Å². The molecule has 8 heteroatoms. The minimum Gasteiger partial charge on any atom is -0.383 e. The Labute approximate surface area is 225 Å². The highest BCUT2D eigenvalue weighted by Crippen LogP contribution is 2.25. The van der Waals surface area contributed by atoms with E-state index in [-0.39, 0.29) is 11.8 Å². The number of aldehydes is 1. The fourth-order valence-electron chi connectivity index (χ4n) is 3.89. The molecule has 1 heterocycles. The molecule has 0 spiro atoms. The highest BCUT2D eigenvalue weighted by Gasteiger charge is 2.15. The van der Waals surface area contributed by atoms with Crippen LogP contribution in [0.15, 0.2) is 72.9 Å². The molecule has 190 valence electrons. The summed E-state index contributed by atoms with van der Waals surface area (Å²) >= 11 is 6.14. The summed E-state index contributed by atoms with van der Waals surface area (Å²) in [5, 5.41) is 5.16. The zero-order valence-corrected chi connectivity index (χ0v) is 21.5. The summed E-state index contributed by atoms with van der Waals surface area (Å²) in [6.45, 7) is 0.821. The number of nitrogens with one attached hydrogen (secondary N) is 1. The molecule has 3 aromatic carbocycles. The van der Waals surface area contributed by atoms with Gasteiger partial charge in [0.25, 0.3) is 11.8 Å². The van der Waals surface area contributed by atoms with Gasteiger partial charge in [-0.15, -0.1) is 0 Å². The van der Waals surface area contributed by atoms with Gasteiger partial charge in [0.2, 0.25) is 0 Å². The number of carbonyl (C=O) groups is 3. The number of carbonyl (C=O) groups excluding carboxylic acids is 3. The maximum atomic E-state index is 12.6. The molecule has 0 saturated heterocycles. The molecule has 0 aliphatic heterocycles. The van der Waals surface area contributed by atoms with Crippen molar-refractivity contribution in [3.63, 3.8) is 0 Å². The van der Waals surface area contributed by atoms with Crippen LogP contribution in [0.2, 0.25) is 5.02 Å². The largest absolute Gasteiger partial charge is 0.383 e. The van der Waals surface area contributed by atoms with E-state index in [1.807, 2.05) is 12.1 Å². The van der Waals surface area contributed by atoms with Gasteiger partial charge in [0.1, 0.15) is 5.82 Å². The number of hydrogen-bond donors (Lipinski definition) is 2. The molecular formula is C30H25ClN4O3. The Kier molecular flexibility index (Phi) is 8.37. The van der Waals surface area contributed by atoms with Gasteiger partial charge in [0.15, 0.2) is 6.29 Å². The molecule has 38 heavy (non-hydrogen) atoms. The van der Waals surface area contributed by atoms with Gasteiger partial charge in [-0.25, -0.2) is 4.98 Å². The first-order chi connectivity index (χ1) is 18.4. The number of nitrogens with zero attached hydrogens (tertiary/aromatic N) is 2. The Balaban J connectivity index is 1.32. The number of nitrogens with two attached hydrogens (primary N) is 1. The standard InChI is InChI=1S/C30H25ClN4O3/c1-35(30(38)25-6-3-2-5-23(25)19-36)16-4-15-33-29(37)21-10-7-20(8-11-21)9-14-26-27-17-24(31)13-12-22(27)18-34-28(26)32/h2-3,5-8,10-13,17-19H,4,15-16H2,1H3,(H2,32,34)(H,33,37). The van der Waals surface area contributed by atoms with Crippen LogP contribution >= 0.6 is 11.6 Å². The average molecular weight is 525 g/mol. The Morgan fingerprint density at radius 1 is 1.08 bits per heavy atom. The average Bonchev–Trinajstić information content (AvgIpc) is 2.94. The number of aromatic nitrogens is 1. The lowest BCUT2D eigenvalue weighted by molar-refractivity contribution is 0.0790. The summed E-state index contributed by atoms with van der Waals surface area (Å²) in [5.41, 5.74) is 8.59. The quantitative estimate of drug-likeness (QED) is 0.209. The predicted octanol–water partition coefficient (Wildman–Crippen LogP) is 4.57. The minimum absolute atomic E-state index is 0.220. The van der Waals surface area contributed by atoms with Crippen LogP contribution in [0.4, 0.5) is 5.82 Å². The molecule has 0 radical (unpaired) electrons. The van der Waals surface area contributed by atoms with Crippen LogP contribution in [0.5, 0.6) is 0 Å². The highest BCUT2D eigenvalue weighted by molar-refractivity contribution is 6.31. The molecule has 0 saturated carbocycles. The summed E-state index contributed by atoms with van der Waals surface area (Å²) < 4.78 is 0. The lowest BCUT2D eigenvalue weighted by atomic mass is 10.1. The maximum absolute atomic E-state index is 12.6. The smallest absolute Gasteiger partial charge is 0.254 e. The molecule has 0 fully saturated rings. The van der Waals surface area contributed by atoms with E-state index in [2.05, 4.69) is 22.1 Å². The first-order valence-electron chi connectivity index (χ1n) is 11.9. The molecule has 1 aromatic heterocycles. The van der Waals surface area contributed by atoms with E-state index in [1.54, 1.807) is 67.8 Å². The van der Waals surface area contributed by atoms with Crippen LogP contribution in [-0.2, 0) is 0 Å². The minimum atomic E-state index is -0.236. The lowest BCUT2D eigenvalue weighted by Gasteiger charge is -2.18. The van der Waals surface area contributed by atoms with Crippen molar-refractivity contribution in [2.45, 2.75) is 6.42 Å². The highest BCUT2D eigenvalue weighted by atomic mass is 35.5. The Hall–Kier alpha value is -4.67. The van der Waals surface area contributed by atoms with E-state index in [4.69, 9.17) is 17.3 Å². The van der Waals surface area contributed by atoms with Crippen LogP contribution in [0.25, 0.3) is 10.8 Å². The Morgan fingerprint density at radius 2 is 1.84 bits per heavy atom. The molecule has 0 unspecified atom stereocenters. The summed E-state index contributed by atoms with van der Waals surface area (Å²) in [6, 6.07) is 19.1. The monoisotopic (exact) mass is 524 g/mol. The van der Waals surface area contributed by atoms with Crippen LogP contribution < -0.4 is 11.1 Å². The molecule has 7 nitrogen and oxygen atoms in total. The number of fused-ring (bicyclic) bond motifs is 1. The molecular weight excluding hydrogens is 500 g/mol. The number of pyridine rings is 1. The number of amides is 2. The second kappa shape index (κ2) is 12.0. The molecule has 0 aliphatic carbocycles. The van der Waals surface area contributed by atoms with Gasteiger partial charge in [-0.1, -0.05) is 47.7 Å². The first kappa shape index (κ1) is 26.4. The van der Waals surface area contributed by atoms with Crippen molar-refractivity contribution in [1.82, 2.24) is 15.2 Å². The van der Waals surface area contributed by atoms with Crippen LogP contribution in [0, 0.1) is 11.8 Å². The number of anilines is 1. The molecule has 2 amide bonds. The number of hydrogen-bond acceptors (Lipinski definition) is 5. The van der Waals surface area contributed by atoms with Gasteiger partial charge in [-0.05, 0) is 48.9 Å². The summed E-state index contributed by atoms with van der Waals surface area (Å²) in [5.74, 6) is 6.02. The van der Waals surface area contributed by atoms with E-state index in [0.29, 0.717) is 58.9 Å². The van der Waals surface area contributed by atoms with Gasteiger partial charge >= 0.3 is 0 Å². The van der Waals surface area contributed by atoms with Gasteiger partial charge < -0.3 is 16.0 Å². The second-order valence-corrected chi connectivity index (χ2v) is 9.06. The number of nitrogen functional groups attached to an aromatic ring is 1. The van der Waals surface area contributed by atoms with Crippen molar-refractivity contribution in [2.24, 2.45) is 0 Å². The van der Waals surface area contributed by atoms with Crippen molar-refractivity contribution in [3.05, 3.63) is 106 Å². The van der Waals surface area contributed by atoms with Gasteiger partial charge in [0.05, 0.1) is 11.1 Å². The van der Waals surface area contributed by atoms with E-state index < -0.39 is 0 Å². The fraction of sp³-hybridized carbons (Fsp3) is 0.133. The molecule has 0 aliphatic rings. The third-order valence-corrected chi connectivity index (χ3v) is 6.22. The third-order valence-electron chi connectivity index (χ3n) is 5.98.